The molecular formula is C15H19NO. The van der Waals surface area contributed by atoms with E-state index >= 15 is 0 Å². The molecule has 2 heteroatoms. The van der Waals surface area contributed by atoms with E-state index in [4.69, 9.17) is 5.11 Å². The normalized spacial score (nSPS) is 14.5. The van der Waals surface area contributed by atoms with Crippen molar-refractivity contribution in [3.05, 3.63) is 35.4 Å². The van der Waals surface area contributed by atoms with Crippen molar-refractivity contribution in [2.24, 2.45) is 0 Å². The van der Waals surface area contributed by atoms with Gasteiger partial charge in [0.05, 0.1) is 6.61 Å². The van der Waals surface area contributed by atoms with Crippen LogP contribution in [0.5, 0.6) is 0 Å². The summed E-state index contributed by atoms with van der Waals surface area (Å²) < 4.78 is 0. The number of aliphatic hydroxyl groups excluding tert-OH is 1. The molecule has 1 N–H and O–H groups in total. The molecule has 0 bridgehead atoms. The van der Waals surface area contributed by atoms with Gasteiger partial charge >= 0.3 is 0 Å². The van der Waals surface area contributed by atoms with E-state index in [1.165, 1.54) is 18.4 Å². The molecule has 0 aromatic heterocycles. The average molecular weight is 229 g/mol. The summed E-state index contributed by atoms with van der Waals surface area (Å²) in [5.41, 5.74) is 2.38. The average Bonchev–Trinajstić information content (AvgIpc) is 3.15. The van der Waals surface area contributed by atoms with E-state index in [-0.39, 0.29) is 6.61 Å². The Balaban J connectivity index is 2.07. The summed E-state index contributed by atoms with van der Waals surface area (Å²) in [5, 5.41) is 8.73. The highest BCUT2D eigenvalue weighted by molar-refractivity contribution is 5.41. The SMILES string of the molecule is CN(Cc1ccccc1C#CCCO)C1CC1. The maximum absolute atomic E-state index is 8.73. The Morgan fingerprint density at radius 2 is 2.12 bits per heavy atom. The van der Waals surface area contributed by atoms with E-state index in [2.05, 4.69) is 42.0 Å². The fraction of sp³-hybridized carbons (Fsp3) is 0.467. The molecule has 0 amide bonds. The molecule has 0 saturated heterocycles. The summed E-state index contributed by atoms with van der Waals surface area (Å²) in [4.78, 5) is 2.40. The molecule has 0 aliphatic heterocycles. The van der Waals surface area contributed by atoms with Crippen LogP contribution >= 0.6 is 0 Å². The molecule has 1 saturated carbocycles. The Morgan fingerprint density at radius 3 is 2.82 bits per heavy atom. The fourth-order valence-corrected chi connectivity index (χ4v) is 1.91. The van der Waals surface area contributed by atoms with E-state index < -0.39 is 0 Å². The van der Waals surface area contributed by atoms with Gasteiger partial charge in [-0.3, -0.25) is 4.90 Å². The lowest BCUT2D eigenvalue weighted by Gasteiger charge is -2.16. The van der Waals surface area contributed by atoms with Gasteiger partial charge in [0.2, 0.25) is 0 Å². The highest BCUT2D eigenvalue weighted by atomic mass is 16.2. The Bertz CT molecular complexity index is 426. The van der Waals surface area contributed by atoms with Crippen molar-refractivity contribution < 1.29 is 5.11 Å². The molecule has 1 aliphatic rings. The molecule has 90 valence electrons. The summed E-state index contributed by atoms with van der Waals surface area (Å²) in [6.45, 7) is 1.10. The first-order valence-electron chi connectivity index (χ1n) is 6.19. The molecule has 0 atom stereocenters. The third kappa shape index (κ3) is 3.59. The van der Waals surface area contributed by atoms with Crippen molar-refractivity contribution in [2.75, 3.05) is 13.7 Å². The maximum Gasteiger partial charge on any atom is 0.0540 e. The van der Waals surface area contributed by atoms with E-state index in [9.17, 15) is 0 Å². The Hall–Kier alpha value is -1.30. The van der Waals surface area contributed by atoms with Crippen LogP contribution in [0.1, 0.15) is 30.4 Å². The molecule has 2 nitrogen and oxygen atoms in total. The summed E-state index contributed by atoms with van der Waals surface area (Å²) in [7, 11) is 2.18. The Labute approximate surface area is 103 Å². The number of nitrogens with zero attached hydrogens (tertiary/aromatic N) is 1. The number of hydrogen-bond acceptors (Lipinski definition) is 2. The second-order valence-corrected chi connectivity index (χ2v) is 4.58. The van der Waals surface area contributed by atoms with Crippen molar-refractivity contribution in [3.8, 4) is 11.8 Å². The first-order chi connectivity index (χ1) is 8.31. The third-order valence-corrected chi connectivity index (χ3v) is 3.07. The molecule has 1 fully saturated rings. The van der Waals surface area contributed by atoms with Gasteiger partial charge in [0.25, 0.3) is 0 Å². The topological polar surface area (TPSA) is 23.5 Å². The molecule has 0 unspecified atom stereocenters. The van der Waals surface area contributed by atoms with Gasteiger partial charge in [-0.25, -0.2) is 0 Å². The van der Waals surface area contributed by atoms with Crippen molar-refractivity contribution in [1.82, 2.24) is 4.90 Å². The predicted octanol–water partition coefficient (Wildman–Crippen LogP) is 2.01. The van der Waals surface area contributed by atoms with Crippen LogP contribution < -0.4 is 0 Å². The summed E-state index contributed by atoms with van der Waals surface area (Å²) in [6, 6.07) is 9.05. The van der Waals surface area contributed by atoms with Crippen molar-refractivity contribution in [3.63, 3.8) is 0 Å². The van der Waals surface area contributed by atoms with E-state index in [0.717, 1.165) is 18.2 Å². The highest BCUT2D eigenvalue weighted by Gasteiger charge is 2.26. The number of hydrogen-bond donors (Lipinski definition) is 1. The van der Waals surface area contributed by atoms with E-state index in [1.54, 1.807) is 0 Å². The predicted molar refractivity (Wildman–Crippen MR) is 69.5 cm³/mol. The van der Waals surface area contributed by atoms with Crippen LogP contribution in [0, 0.1) is 11.8 Å². The number of benzene rings is 1. The van der Waals surface area contributed by atoms with Gasteiger partial charge in [-0.1, -0.05) is 30.0 Å². The van der Waals surface area contributed by atoms with Crippen molar-refractivity contribution >= 4 is 0 Å². The van der Waals surface area contributed by atoms with Gasteiger partial charge in [0.1, 0.15) is 0 Å². The standard InChI is InChI=1S/C15H19NO/c1-16(15-9-10-15)12-14-8-3-2-6-13(14)7-4-5-11-17/h2-3,6,8,15,17H,5,9-12H2,1H3. The lowest BCUT2D eigenvalue weighted by Crippen LogP contribution is -2.20. The van der Waals surface area contributed by atoms with Gasteiger partial charge in [0, 0.05) is 24.6 Å². The quantitative estimate of drug-likeness (QED) is 0.798. The molecule has 0 heterocycles. The molecule has 2 rings (SSSR count). The highest BCUT2D eigenvalue weighted by Crippen LogP contribution is 2.27. The van der Waals surface area contributed by atoms with Crippen LogP contribution in [0.3, 0.4) is 0 Å². The first-order valence-corrected chi connectivity index (χ1v) is 6.19. The van der Waals surface area contributed by atoms with Crippen molar-refractivity contribution in [1.29, 1.82) is 0 Å². The third-order valence-electron chi connectivity index (χ3n) is 3.07. The monoisotopic (exact) mass is 229 g/mol. The molecule has 1 aromatic rings. The van der Waals surface area contributed by atoms with Crippen LogP contribution in [-0.2, 0) is 6.54 Å². The van der Waals surface area contributed by atoms with Crippen LogP contribution in [0.15, 0.2) is 24.3 Å². The minimum absolute atomic E-state index is 0.136. The number of aliphatic hydroxyl groups is 1. The molecule has 1 aromatic carbocycles. The van der Waals surface area contributed by atoms with Gasteiger partial charge in [-0.15, -0.1) is 0 Å². The second-order valence-electron chi connectivity index (χ2n) is 4.58. The zero-order valence-corrected chi connectivity index (χ0v) is 10.3. The fourth-order valence-electron chi connectivity index (χ4n) is 1.91. The summed E-state index contributed by atoms with van der Waals surface area (Å²) in [5.74, 6) is 6.13. The first kappa shape index (κ1) is 12.2. The van der Waals surface area contributed by atoms with E-state index in [1.807, 2.05) is 6.07 Å². The lowest BCUT2D eigenvalue weighted by atomic mass is 10.1. The minimum atomic E-state index is 0.136. The van der Waals surface area contributed by atoms with E-state index in [0.29, 0.717) is 6.42 Å². The maximum atomic E-state index is 8.73. The number of rotatable bonds is 4. The Kier molecular flexibility index (Phi) is 4.19. The minimum Gasteiger partial charge on any atom is -0.395 e. The molecule has 1 aliphatic carbocycles. The molecular weight excluding hydrogens is 210 g/mol. The zero-order chi connectivity index (χ0) is 12.1. The lowest BCUT2D eigenvalue weighted by molar-refractivity contribution is 0.305. The van der Waals surface area contributed by atoms with Crippen LogP contribution in [0.25, 0.3) is 0 Å². The molecule has 0 radical (unpaired) electrons. The van der Waals surface area contributed by atoms with Crippen LogP contribution in [0.2, 0.25) is 0 Å². The summed E-state index contributed by atoms with van der Waals surface area (Å²) >= 11 is 0. The largest absolute Gasteiger partial charge is 0.395 e. The molecule has 17 heavy (non-hydrogen) atoms. The van der Waals surface area contributed by atoms with Gasteiger partial charge < -0.3 is 5.11 Å². The molecule has 0 spiro atoms. The summed E-state index contributed by atoms with van der Waals surface area (Å²) in [6.07, 6.45) is 3.20. The smallest absolute Gasteiger partial charge is 0.0540 e. The van der Waals surface area contributed by atoms with Gasteiger partial charge in [0.15, 0.2) is 0 Å². The van der Waals surface area contributed by atoms with Crippen LogP contribution in [0.4, 0.5) is 0 Å². The van der Waals surface area contributed by atoms with Crippen LogP contribution in [-0.4, -0.2) is 29.7 Å². The zero-order valence-electron chi connectivity index (χ0n) is 10.3. The second kappa shape index (κ2) is 5.86. The Morgan fingerprint density at radius 1 is 1.35 bits per heavy atom. The van der Waals surface area contributed by atoms with Gasteiger partial charge in [-0.05, 0) is 31.5 Å². The van der Waals surface area contributed by atoms with Crippen molar-refractivity contribution in [2.45, 2.75) is 31.8 Å². The van der Waals surface area contributed by atoms with Gasteiger partial charge in [-0.2, -0.15) is 0 Å².